The molecular weight excluding hydrogens is 558 g/mol. The molecule has 0 bridgehead atoms. The van der Waals surface area contributed by atoms with Gasteiger partial charge in [-0.15, -0.1) is 0 Å². The number of benzene rings is 2. The molecule has 2 amide bonds. The zero-order valence-corrected chi connectivity index (χ0v) is 23.0. The molecule has 42 heavy (non-hydrogen) atoms. The number of aliphatic hydroxyl groups is 1. The van der Waals surface area contributed by atoms with Crippen LogP contribution in [0, 0.1) is 5.82 Å². The lowest BCUT2D eigenvalue weighted by atomic mass is 9.92. The summed E-state index contributed by atoms with van der Waals surface area (Å²) >= 11 is 0. The first kappa shape index (κ1) is 30.4. The largest absolute Gasteiger partial charge is 0.491 e. The van der Waals surface area contributed by atoms with Gasteiger partial charge in [0.15, 0.2) is 0 Å². The molecule has 0 aliphatic carbocycles. The second kappa shape index (κ2) is 11.8. The second-order valence-electron chi connectivity index (χ2n) is 10.0. The maximum absolute atomic E-state index is 14.6. The summed E-state index contributed by atoms with van der Waals surface area (Å²) in [6.07, 6.45) is -4.40. The molecule has 2 aromatic heterocycles. The summed E-state index contributed by atoms with van der Waals surface area (Å²) in [4.78, 5) is 29.2. The number of ether oxygens (including phenoxy) is 1. The first-order chi connectivity index (χ1) is 19.7. The minimum absolute atomic E-state index is 0.0461. The summed E-state index contributed by atoms with van der Waals surface area (Å²) < 4.78 is 63.1. The van der Waals surface area contributed by atoms with Crippen molar-refractivity contribution in [3.05, 3.63) is 76.9 Å². The Morgan fingerprint density at radius 1 is 1.14 bits per heavy atom. The Morgan fingerprint density at radius 3 is 2.43 bits per heavy atom. The zero-order chi connectivity index (χ0) is 30.8. The first-order valence-corrected chi connectivity index (χ1v) is 13.0. The van der Waals surface area contributed by atoms with Gasteiger partial charge in [0, 0.05) is 22.1 Å². The molecule has 222 valence electrons. The van der Waals surface area contributed by atoms with E-state index < -0.39 is 48.1 Å². The number of pyridine rings is 1. The standard InChI is InChI=1S/C29H29F4N5O4/c1-4-42-26-17(11-24(34)39)10-23(37-25(26)16-5-7-19(30)8-6-16)28(41,29(31,32)33)14-35-27(40)21-9-18-13-36-38-22(18)12-20(21)15(2)3/h5-10,12-13,15,41H,4,11,14H2,1-3H3,(H2,34,39)(H,35,40)(H,36,38)/t28-/m0/s1. The highest BCUT2D eigenvalue weighted by atomic mass is 19.4. The van der Waals surface area contributed by atoms with Crippen LogP contribution in [-0.4, -0.2) is 51.4 Å². The van der Waals surface area contributed by atoms with Crippen LogP contribution in [0.3, 0.4) is 0 Å². The average molecular weight is 588 g/mol. The Morgan fingerprint density at radius 2 is 1.83 bits per heavy atom. The van der Waals surface area contributed by atoms with E-state index in [1.165, 1.54) is 24.4 Å². The third-order valence-electron chi connectivity index (χ3n) is 6.70. The van der Waals surface area contributed by atoms with E-state index in [-0.39, 0.29) is 40.7 Å². The molecule has 0 unspecified atom stereocenters. The number of rotatable bonds is 10. The number of carbonyl (C=O) groups excluding carboxylic acids is 2. The molecule has 0 saturated heterocycles. The van der Waals surface area contributed by atoms with Gasteiger partial charge in [-0.1, -0.05) is 13.8 Å². The van der Waals surface area contributed by atoms with Crippen molar-refractivity contribution >= 4 is 22.7 Å². The SMILES string of the molecule is CCOc1c(CC(N)=O)cc([C@@](O)(CNC(=O)c2cc3cn[nH]c3cc2C(C)C)C(F)(F)F)nc1-c1ccc(F)cc1. The van der Waals surface area contributed by atoms with Crippen molar-refractivity contribution in [1.29, 1.82) is 0 Å². The number of primary amides is 1. The molecule has 2 aromatic carbocycles. The number of amides is 2. The Kier molecular flexibility index (Phi) is 8.53. The first-order valence-electron chi connectivity index (χ1n) is 13.0. The number of hydrogen-bond acceptors (Lipinski definition) is 6. The summed E-state index contributed by atoms with van der Waals surface area (Å²) in [7, 11) is 0. The van der Waals surface area contributed by atoms with Gasteiger partial charge >= 0.3 is 6.18 Å². The molecule has 0 aliphatic rings. The molecule has 0 saturated carbocycles. The smallest absolute Gasteiger partial charge is 0.424 e. The van der Waals surface area contributed by atoms with Crippen LogP contribution in [0.15, 0.2) is 48.7 Å². The normalized spacial score (nSPS) is 13.3. The van der Waals surface area contributed by atoms with Crippen molar-refractivity contribution in [2.45, 2.75) is 44.9 Å². The number of H-pyrrole nitrogens is 1. The highest BCUT2D eigenvalue weighted by Crippen LogP contribution is 2.42. The third kappa shape index (κ3) is 6.05. The van der Waals surface area contributed by atoms with Crippen LogP contribution < -0.4 is 15.8 Å². The molecule has 0 fully saturated rings. The predicted octanol–water partition coefficient (Wildman–Crippen LogP) is 4.49. The number of alkyl halides is 3. The minimum atomic E-state index is -5.33. The van der Waals surface area contributed by atoms with Crippen LogP contribution in [0.4, 0.5) is 17.6 Å². The number of fused-ring (bicyclic) bond motifs is 1. The predicted molar refractivity (Wildman–Crippen MR) is 146 cm³/mol. The van der Waals surface area contributed by atoms with Crippen LogP contribution in [0.5, 0.6) is 5.75 Å². The van der Waals surface area contributed by atoms with Crippen molar-refractivity contribution < 1.29 is 37.0 Å². The molecule has 13 heteroatoms. The van der Waals surface area contributed by atoms with E-state index in [0.29, 0.717) is 16.5 Å². The molecule has 5 N–H and O–H groups in total. The van der Waals surface area contributed by atoms with Crippen molar-refractivity contribution in [2.24, 2.45) is 5.73 Å². The monoisotopic (exact) mass is 587 g/mol. The number of nitrogens with zero attached hydrogens (tertiary/aromatic N) is 2. The second-order valence-corrected chi connectivity index (χ2v) is 10.0. The van der Waals surface area contributed by atoms with Gasteiger partial charge in [0.05, 0.1) is 37.0 Å². The fourth-order valence-corrected chi connectivity index (χ4v) is 4.55. The Hall–Kier alpha value is -4.52. The van der Waals surface area contributed by atoms with E-state index >= 15 is 0 Å². The van der Waals surface area contributed by atoms with Gasteiger partial charge in [0.25, 0.3) is 5.91 Å². The summed E-state index contributed by atoms with van der Waals surface area (Å²) in [6, 6.07) is 8.76. The number of hydrogen-bond donors (Lipinski definition) is 4. The summed E-state index contributed by atoms with van der Waals surface area (Å²) in [5.74, 6) is -2.55. The fraction of sp³-hybridized carbons (Fsp3) is 0.310. The van der Waals surface area contributed by atoms with Crippen molar-refractivity contribution in [3.63, 3.8) is 0 Å². The highest BCUT2D eigenvalue weighted by Gasteiger charge is 2.56. The lowest BCUT2D eigenvalue weighted by molar-refractivity contribution is -0.265. The van der Waals surface area contributed by atoms with Gasteiger partial charge in [0.2, 0.25) is 11.5 Å². The van der Waals surface area contributed by atoms with Crippen molar-refractivity contribution in [2.75, 3.05) is 13.2 Å². The van der Waals surface area contributed by atoms with E-state index in [9.17, 15) is 32.3 Å². The minimum Gasteiger partial charge on any atom is -0.491 e. The molecule has 9 nitrogen and oxygen atoms in total. The maximum Gasteiger partial charge on any atom is 0.424 e. The summed E-state index contributed by atoms with van der Waals surface area (Å²) in [5.41, 5.74) is 1.98. The van der Waals surface area contributed by atoms with Crippen LogP contribution in [0.1, 0.15) is 53.9 Å². The molecule has 0 aliphatic heterocycles. The average Bonchev–Trinajstić information content (AvgIpc) is 3.39. The third-order valence-corrected chi connectivity index (χ3v) is 6.70. The van der Waals surface area contributed by atoms with Crippen LogP contribution in [0.25, 0.3) is 22.2 Å². The highest BCUT2D eigenvalue weighted by molar-refractivity contribution is 5.99. The Labute approximate surface area is 238 Å². The maximum atomic E-state index is 14.6. The topological polar surface area (TPSA) is 143 Å². The lowest BCUT2D eigenvalue weighted by Crippen LogP contribution is -2.51. The molecule has 1 atom stereocenters. The van der Waals surface area contributed by atoms with E-state index in [4.69, 9.17) is 10.5 Å². The number of aromatic nitrogens is 3. The quantitative estimate of drug-likeness (QED) is 0.201. The number of halogens is 4. The van der Waals surface area contributed by atoms with Gasteiger partial charge in [-0.25, -0.2) is 9.37 Å². The van der Waals surface area contributed by atoms with E-state index in [1.54, 1.807) is 13.0 Å². The van der Waals surface area contributed by atoms with E-state index in [0.717, 1.165) is 18.2 Å². The fourth-order valence-electron chi connectivity index (χ4n) is 4.55. The number of nitrogens with one attached hydrogen (secondary N) is 2. The van der Waals surface area contributed by atoms with E-state index in [2.05, 4.69) is 20.5 Å². The van der Waals surface area contributed by atoms with Crippen molar-refractivity contribution in [1.82, 2.24) is 20.5 Å². The number of carbonyl (C=O) groups is 2. The van der Waals surface area contributed by atoms with Gasteiger partial charge in [-0.3, -0.25) is 14.7 Å². The van der Waals surface area contributed by atoms with Crippen LogP contribution >= 0.6 is 0 Å². The molecule has 0 radical (unpaired) electrons. The summed E-state index contributed by atoms with van der Waals surface area (Å²) in [5, 5.41) is 20.7. The molecular formula is C29H29F4N5O4. The van der Waals surface area contributed by atoms with Gasteiger partial charge in [-0.2, -0.15) is 18.3 Å². The van der Waals surface area contributed by atoms with Crippen molar-refractivity contribution in [3.8, 4) is 17.0 Å². The summed E-state index contributed by atoms with van der Waals surface area (Å²) in [6.45, 7) is 4.00. The van der Waals surface area contributed by atoms with Gasteiger partial charge in [0.1, 0.15) is 17.3 Å². The molecule has 0 spiro atoms. The van der Waals surface area contributed by atoms with Crippen LogP contribution in [0.2, 0.25) is 0 Å². The molecule has 4 aromatic rings. The Bertz CT molecular complexity index is 1620. The number of aromatic amines is 1. The molecule has 2 heterocycles. The van der Waals surface area contributed by atoms with Crippen LogP contribution in [-0.2, 0) is 16.8 Å². The molecule has 4 rings (SSSR count). The lowest BCUT2D eigenvalue weighted by Gasteiger charge is -2.31. The van der Waals surface area contributed by atoms with Gasteiger partial charge in [-0.05, 0) is 60.9 Å². The van der Waals surface area contributed by atoms with Gasteiger partial charge < -0.3 is 20.9 Å². The zero-order valence-electron chi connectivity index (χ0n) is 23.0. The number of nitrogens with two attached hydrogens (primary N) is 1. The van der Waals surface area contributed by atoms with E-state index in [1.807, 2.05) is 13.8 Å². The Balaban J connectivity index is 1.82.